The van der Waals surface area contributed by atoms with Crippen molar-refractivity contribution in [3.8, 4) is 5.75 Å². The number of piperidine rings is 1. The van der Waals surface area contributed by atoms with E-state index in [0.717, 1.165) is 0 Å². The van der Waals surface area contributed by atoms with Crippen LogP contribution in [0.25, 0.3) is 0 Å². The van der Waals surface area contributed by atoms with E-state index >= 15 is 0 Å². The number of carbonyl (C=O) groups is 1. The van der Waals surface area contributed by atoms with Gasteiger partial charge in [0.05, 0.1) is 6.54 Å². The quantitative estimate of drug-likeness (QED) is 0.897. The van der Waals surface area contributed by atoms with E-state index in [-0.39, 0.29) is 24.9 Å². The van der Waals surface area contributed by atoms with E-state index < -0.39 is 5.60 Å². The number of nitrogens with zero attached hydrogens (tertiary/aromatic N) is 2. The van der Waals surface area contributed by atoms with Crippen LogP contribution in [0.5, 0.6) is 5.75 Å². The molecule has 0 unspecified atom stereocenters. The van der Waals surface area contributed by atoms with Crippen molar-refractivity contribution in [3.63, 3.8) is 0 Å². The van der Waals surface area contributed by atoms with Crippen LogP contribution < -0.4 is 4.74 Å². The number of aliphatic hydroxyl groups is 1. The third-order valence-electron chi connectivity index (χ3n) is 3.89. The fourth-order valence-corrected chi connectivity index (χ4v) is 2.70. The maximum absolute atomic E-state index is 12.9. The molecule has 1 aromatic heterocycles. The van der Waals surface area contributed by atoms with Gasteiger partial charge in [0.25, 0.3) is 5.91 Å². The molecule has 3 rings (SSSR count). The second kappa shape index (κ2) is 6.37. The molecular formula is C16H18FN3O3. The van der Waals surface area contributed by atoms with Gasteiger partial charge < -0.3 is 14.7 Å². The third kappa shape index (κ3) is 3.68. The monoisotopic (exact) mass is 319 g/mol. The highest BCUT2D eigenvalue weighted by Crippen LogP contribution is 2.24. The smallest absolute Gasteiger partial charge is 0.271 e. The Kier molecular flexibility index (Phi) is 4.29. The van der Waals surface area contributed by atoms with Crippen LogP contribution in [0.2, 0.25) is 0 Å². The molecule has 6 nitrogen and oxygen atoms in total. The number of halogens is 1. The third-order valence-corrected chi connectivity index (χ3v) is 3.89. The summed E-state index contributed by atoms with van der Waals surface area (Å²) in [7, 11) is 0. The molecule has 0 bridgehead atoms. The highest BCUT2D eigenvalue weighted by Gasteiger charge is 2.36. The average Bonchev–Trinajstić information content (AvgIpc) is 3.08. The molecule has 1 saturated heterocycles. The fourth-order valence-electron chi connectivity index (χ4n) is 2.70. The topological polar surface area (TPSA) is 78.5 Å². The first-order chi connectivity index (χ1) is 11.1. The summed E-state index contributed by atoms with van der Waals surface area (Å²) in [6, 6.07) is 7.22. The summed E-state index contributed by atoms with van der Waals surface area (Å²) >= 11 is 0. The van der Waals surface area contributed by atoms with E-state index in [2.05, 4.69) is 10.2 Å². The molecule has 1 amide bonds. The Labute approximate surface area is 132 Å². The summed E-state index contributed by atoms with van der Waals surface area (Å²) in [6.45, 7) is 0.814. The number of aromatic nitrogens is 2. The van der Waals surface area contributed by atoms with Gasteiger partial charge in [-0.1, -0.05) is 0 Å². The van der Waals surface area contributed by atoms with Crippen LogP contribution in [0.4, 0.5) is 4.39 Å². The van der Waals surface area contributed by atoms with E-state index in [1.807, 2.05) is 0 Å². The molecule has 0 spiro atoms. The van der Waals surface area contributed by atoms with Crippen molar-refractivity contribution in [1.29, 1.82) is 0 Å². The molecule has 0 saturated carbocycles. The molecule has 7 heteroatoms. The van der Waals surface area contributed by atoms with Crippen LogP contribution in [-0.4, -0.2) is 51.4 Å². The minimum atomic E-state index is -1.12. The average molecular weight is 319 g/mol. The van der Waals surface area contributed by atoms with Gasteiger partial charge in [0.15, 0.2) is 0 Å². The molecule has 2 N–H and O–H groups in total. The van der Waals surface area contributed by atoms with Gasteiger partial charge >= 0.3 is 0 Å². The highest BCUT2D eigenvalue weighted by molar-refractivity contribution is 5.92. The lowest BCUT2D eigenvalue weighted by Gasteiger charge is -2.38. The molecule has 122 valence electrons. The Morgan fingerprint density at radius 1 is 1.39 bits per heavy atom. The standard InChI is InChI=1S/C16H18FN3O3/c17-12-2-4-13(5-3-12)23-11-16(22)7-1-9-20(10-16)15(21)14-6-8-18-19-14/h2-6,8,22H,1,7,9-11H2,(H,18,19)/t16-/m0/s1. The van der Waals surface area contributed by atoms with Crippen molar-refractivity contribution in [2.45, 2.75) is 18.4 Å². The zero-order chi connectivity index (χ0) is 16.3. The summed E-state index contributed by atoms with van der Waals surface area (Å²) in [6.07, 6.45) is 2.74. The number of rotatable bonds is 4. The molecule has 1 atom stereocenters. The number of β-amino-alcohol motifs (C(OH)–C–C–N with tert-alkyl or cyclic N) is 1. The Morgan fingerprint density at radius 3 is 2.87 bits per heavy atom. The molecule has 1 aromatic carbocycles. The SMILES string of the molecule is O=C(c1ccn[nH]1)N1CCC[C@@](O)(COc2ccc(F)cc2)C1. The van der Waals surface area contributed by atoms with Gasteiger partial charge in [-0.15, -0.1) is 0 Å². The second-order valence-corrected chi connectivity index (χ2v) is 5.77. The maximum Gasteiger partial charge on any atom is 0.271 e. The lowest BCUT2D eigenvalue weighted by molar-refractivity contribution is -0.0533. The van der Waals surface area contributed by atoms with E-state index in [1.165, 1.54) is 30.5 Å². The van der Waals surface area contributed by atoms with E-state index in [1.54, 1.807) is 11.0 Å². The molecule has 1 fully saturated rings. The number of hydrogen-bond acceptors (Lipinski definition) is 4. The zero-order valence-corrected chi connectivity index (χ0v) is 12.5. The normalized spacial score (nSPS) is 21.2. The Balaban J connectivity index is 1.62. The summed E-state index contributed by atoms with van der Waals surface area (Å²) in [5.41, 5.74) is -0.726. The van der Waals surface area contributed by atoms with Crippen molar-refractivity contribution in [3.05, 3.63) is 48.0 Å². The number of benzene rings is 1. The number of likely N-dealkylation sites (tertiary alicyclic amines) is 1. The molecule has 23 heavy (non-hydrogen) atoms. The van der Waals surface area contributed by atoms with Crippen LogP contribution >= 0.6 is 0 Å². The molecular weight excluding hydrogens is 301 g/mol. The second-order valence-electron chi connectivity index (χ2n) is 5.77. The first-order valence-corrected chi connectivity index (χ1v) is 7.45. The van der Waals surface area contributed by atoms with E-state index in [9.17, 15) is 14.3 Å². The van der Waals surface area contributed by atoms with Gasteiger partial charge in [-0.25, -0.2) is 4.39 Å². The molecule has 1 aliphatic heterocycles. The first kappa shape index (κ1) is 15.5. The zero-order valence-electron chi connectivity index (χ0n) is 12.5. The number of carbonyl (C=O) groups excluding carboxylic acids is 1. The van der Waals surface area contributed by atoms with Gasteiger partial charge in [0, 0.05) is 12.7 Å². The summed E-state index contributed by atoms with van der Waals surface area (Å²) in [4.78, 5) is 13.9. The summed E-state index contributed by atoms with van der Waals surface area (Å²) in [5, 5.41) is 17.1. The van der Waals surface area contributed by atoms with Crippen molar-refractivity contribution in [1.82, 2.24) is 15.1 Å². The Hall–Kier alpha value is -2.41. The number of H-pyrrole nitrogens is 1. The van der Waals surface area contributed by atoms with Crippen molar-refractivity contribution < 1.29 is 19.0 Å². The van der Waals surface area contributed by atoms with Crippen LogP contribution in [-0.2, 0) is 0 Å². The van der Waals surface area contributed by atoms with Crippen molar-refractivity contribution in [2.24, 2.45) is 0 Å². The fraction of sp³-hybridized carbons (Fsp3) is 0.375. The minimum Gasteiger partial charge on any atom is -0.491 e. The highest BCUT2D eigenvalue weighted by atomic mass is 19.1. The molecule has 0 aliphatic carbocycles. The number of aromatic amines is 1. The molecule has 1 aliphatic rings. The minimum absolute atomic E-state index is 0.0470. The lowest BCUT2D eigenvalue weighted by atomic mass is 9.93. The van der Waals surface area contributed by atoms with Crippen molar-refractivity contribution >= 4 is 5.91 Å². The number of amides is 1. The summed E-state index contributed by atoms with van der Waals surface area (Å²) < 4.78 is 18.4. The number of hydrogen-bond donors (Lipinski definition) is 2. The lowest BCUT2D eigenvalue weighted by Crippen LogP contribution is -2.53. The predicted octanol–water partition coefficient (Wildman–Crippen LogP) is 1.59. The molecule has 2 heterocycles. The predicted molar refractivity (Wildman–Crippen MR) is 80.6 cm³/mol. The number of ether oxygens (including phenoxy) is 1. The van der Waals surface area contributed by atoms with Gasteiger partial charge in [0.1, 0.15) is 29.5 Å². The van der Waals surface area contributed by atoms with Crippen LogP contribution in [0, 0.1) is 5.82 Å². The van der Waals surface area contributed by atoms with Crippen LogP contribution in [0.3, 0.4) is 0 Å². The van der Waals surface area contributed by atoms with Gasteiger partial charge in [-0.3, -0.25) is 9.89 Å². The Morgan fingerprint density at radius 2 is 2.17 bits per heavy atom. The first-order valence-electron chi connectivity index (χ1n) is 7.45. The van der Waals surface area contributed by atoms with Gasteiger partial charge in [-0.2, -0.15) is 5.10 Å². The number of nitrogens with one attached hydrogen (secondary N) is 1. The van der Waals surface area contributed by atoms with E-state index in [0.29, 0.717) is 30.8 Å². The Bertz CT molecular complexity index is 660. The molecule has 0 radical (unpaired) electrons. The van der Waals surface area contributed by atoms with Crippen LogP contribution in [0.15, 0.2) is 36.5 Å². The maximum atomic E-state index is 12.9. The largest absolute Gasteiger partial charge is 0.491 e. The van der Waals surface area contributed by atoms with E-state index in [4.69, 9.17) is 4.74 Å². The van der Waals surface area contributed by atoms with Crippen LogP contribution in [0.1, 0.15) is 23.3 Å². The van der Waals surface area contributed by atoms with Gasteiger partial charge in [0.2, 0.25) is 0 Å². The van der Waals surface area contributed by atoms with Gasteiger partial charge in [-0.05, 0) is 43.2 Å². The summed E-state index contributed by atoms with van der Waals surface area (Å²) in [5.74, 6) is -0.0516. The molecule has 2 aromatic rings. The van der Waals surface area contributed by atoms with Crippen molar-refractivity contribution in [2.75, 3.05) is 19.7 Å².